The summed E-state index contributed by atoms with van der Waals surface area (Å²) in [5.41, 5.74) is -0.649. The van der Waals surface area contributed by atoms with Crippen LogP contribution in [0.1, 0.15) is 46.5 Å². The summed E-state index contributed by atoms with van der Waals surface area (Å²) >= 11 is 0. The number of hydrogen-bond acceptors (Lipinski definition) is 3. The number of carboxylic acid groups (broad SMARTS) is 1. The second-order valence-corrected chi connectivity index (χ2v) is 5.79. The van der Waals surface area contributed by atoms with Crippen molar-refractivity contribution in [2.24, 2.45) is 11.3 Å². The molecule has 1 aliphatic heterocycles. The van der Waals surface area contributed by atoms with Crippen LogP contribution in [0.3, 0.4) is 0 Å². The molecule has 1 amide bonds. The zero-order chi connectivity index (χ0) is 14.5. The first-order valence-corrected chi connectivity index (χ1v) is 7.06. The fourth-order valence-electron chi connectivity index (χ4n) is 2.50. The van der Waals surface area contributed by atoms with Gasteiger partial charge in [0.15, 0.2) is 0 Å². The van der Waals surface area contributed by atoms with Crippen LogP contribution in [-0.2, 0) is 9.53 Å². The quantitative estimate of drug-likeness (QED) is 0.835. The standard InChI is InChI=1S/C14H25NO4/c1-4-5-14(12(16)17)6-8-15(9-7-14)13(18)19-10-11(2)3/h11H,4-10H2,1-3H3,(H,16,17). The number of ether oxygens (including phenoxy) is 1. The van der Waals surface area contributed by atoms with Crippen molar-refractivity contribution in [1.82, 2.24) is 4.90 Å². The molecule has 110 valence electrons. The van der Waals surface area contributed by atoms with Gasteiger partial charge in [0.25, 0.3) is 0 Å². The van der Waals surface area contributed by atoms with Gasteiger partial charge in [0.1, 0.15) is 0 Å². The van der Waals surface area contributed by atoms with Gasteiger partial charge in [0.05, 0.1) is 12.0 Å². The van der Waals surface area contributed by atoms with Gasteiger partial charge in [-0.3, -0.25) is 4.79 Å². The van der Waals surface area contributed by atoms with E-state index in [9.17, 15) is 14.7 Å². The molecule has 0 aromatic rings. The molecule has 1 fully saturated rings. The Morgan fingerprint density at radius 3 is 2.32 bits per heavy atom. The third kappa shape index (κ3) is 4.11. The van der Waals surface area contributed by atoms with Gasteiger partial charge in [0.2, 0.25) is 0 Å². The SMILES string of the molecule is CCCC1(C(=O)O)CCN(C(=O)OCC(C)C)CC1. The molecule has 1 rings (SSSR count). The molecule has 0 spiro atoms. The normalized spacial score (nSPS) is 18.4. The van der Waals surface area contributed by atoms with Gasteiger partial charge in [-0.1, -0.05) is 27.2 Å². The van der Waals surface area contributed by atoms with E-state index < -0.39 is 11.4 Å². The van der Waals surface area contributed by atoms with Crippen molar-refractivity contribution >= 4 is 12.1 Å². The lowest BCUT2D eigenvalue weighted by molar-refractivity contribution is -0.152. The van der Waals surface area contributed by atoms with Crippen LogP contribution in [0.4, 0.5) is 4.79 Å². The molecule has 0 aromatic heterocycles. The van der Waals surface area contributed by atoms with Gasteiger partial charge in [-0.2, -0.15) is 0 Å². The Labute approximate surface area is 114 Å². The van der Waals surface area contributed by atoms with Crippen LogP contribution in [0, 0.1) is 11.3 Å². The minimum absolute atomic E-state index is 0.312. The van der Waals surface area contributed by atoms with Crippen LogP contribution >= 0.6 is 0 Å². The summed E-state index contributed by atoms with van der Waals surface area (Å²) < 4.78 is 5.17. The molecule has 1 aliphatic rings. The van der Waals surface area contributed by atoms with E-state index >= 15 is 0 Å². The first kappa shape index (κ1) is 15.8. The van der Waals surface area contributed by atoms with Crippen molar-refractivity contribution in [3.05, 3.63) is 0 Å². The molecule has 0 saturated carbocycles. The molecular weight excluding hydrogens is 246 g/mol. The lowest BCUT2D eigenvalue weighted by Gasteiger charge is -2.38. The smallest absolute Gasteiger partial charge is 0.409 e. The lowest BCUT2D eigenvalue weighted by Crippen LogP contribution is -2.46. The molecular formula is C14H25NO4. The van der Waals surface area contributed by atoms with E-state index in [0.717, 1.165) is 6.42 Å². The minimum atomic E-state index is -0.732. The minimum Gasteiger partial charge on any atom is -0.481 e. The zero-order valence-electron chi connectivity index (χ0n) is 12.1. The Hall–Kier alpha value is -1.26. The number of rotatable bonds is 5. The summed E-state index contributed by atoms with van der Waals surface area (Å²) in [7, 11) is 0. The molecule has 0 atom stereocenters. The zero-order valence-corrected chi connectivity index (χ0v) is 12.1. The Balaban J connectivity index is 2.51. The maximum Gasteiger partial charge on any atom is 0.409 e. The van der Waals surface area contributed by atoms with Crippen molar-refractivity contribution in [3.63, 3.8) is 0 Å². The van der Waals surface area contributed by atoms with Crippen molar-refractivity contribution in [2.45, 2.75) is 46.5 Å². The third-order valence-electron chi connectivity index (χ3n) is 3.70. The number of carbonyl (C=O) groups is 2. The molecule has 1 saturated heterocycles. The van der Waals surface area contributed by atoms with Gasteiger partial charge in [-0.05, 0) is 25.2 Å². The average molecular weight is 271 g/mol. The number of aliphatic carboxylic acids is 1. The molecule has 19 heavy (non-hydrogen) atoms. The van der Waals surface area contributed by atoms with Gasteiger partial charge in [-0.15, -0.1) is 0 Å². The molecule has 0 aliphatic carbocycles. The number of carbonyl (C=O) groups excluding carboxylic acids is 1. The third-order valence-corrected chi connectivity index (χ3v) is 3.70. The Bertz CT molecular complexity index is 319. The molecule has 0 bridgehead atoms. The summed E-state index contributed by atoms with van der Waals surface area (Å²) in [6.45, 7) is 7.33. The Morgan fingerprint density at radius 1 is 1.32 bits per heavy atom. The molecule has 5 nitrogen and oxygen atoms in total. The topological polar surface area (TPSA) is 66.8 Å². The number of amides is 1. The molecule has 0 radical (unpaired) electrons. The van der Waals surface area contributed by atoms with E-state index in [-0.39, 0.29) is 6.09 Å². The highest BCUT2D eigenvalue weighted by Crippen LogP contribution is 2.36. The maximum atomic E-state index is 11.8. The van der Waals surface area contributed by atoms with Crippen molar-refractivity contribution in [1.29, 1.82) is 0 Å². The van der Waals surface area contributed by atoms with Gasteiger partial charge < -0.3 is 14.7 Å². The van der Waals surface area contributed by atoms with E-state index in [4.69, 9.17) is 4.74 Å². The van der Waals surface area contributed by atoms with Crippen LogP contribution in [0.25, 0.3) is 0 Å². The Morgan fingerprint density at radius 2 is 1.89 bits per heavy atom. The lowest BCUT2D eigenvalue weighted by atomic mass is 9.75. The van der Waals surface area contributed by atoms with E-state index in [0.29, 0.717) is 44.9 Å². The summed E-state index contributed by atoms with van der Waals surface area (Å²) in [4.78, 5) is 24.8. The predicted octanol–water partition coefficient (Wildman–Crippen LogP) is 2.75. The average Bonchev–Trinajstić information content (AvgIpc) is 2.37. The fraction of sp³-hybridized carbons (Fsp3) is 0.857. The van der Waals surface area contributed by atoms with E-state index in [2.05, 4.69) is 0 Å². The van der Waals surface area contributed by atoms with Crippen LogP contribution < -0.4 is 0 Å². The van der Waals surface area contributed by atoms with E-state index in [1.165, 1.54) is 0 Å². The highest BCUT2D eigenvalue weighted by atomic mass is 16.6. The first-order valence-electron chi connectivity index (χ1n) is 7.06. The summed E-state index contributed by atoms with van der Waals surface area (Å²) in [6.07, 6.45) is 2.26. The summed E-state index contributed by atoms with van der Waals surface area (Å²) in [5, 5.41) is 9.39. The van der Waals surface area contributed by atoms with Crippen molar-refractivity contribution < 1.29 is 19.4 Å². The van der Waals surface area contributed by atoms with E-state index in [1.807, 2.05) is 20.8 Å². The van der Waals surface area contributed by atoms with Crippen LogP contribution in [0.15, 0.2) is 0 Å². The Kier molecular flexibility index (Phi) is 5.63. The van der Waals surface area contributed by atoms with Gasteiger partial charge in [-0.25, -0.2) is 4.79 Å². The highest BCUT2D eigenvalue weighted by Gasteiger charge is 2.41. The fourth-order valence-corrected chi connectivity index (χ4v) is 2.50. The second-order valence-electron chi connectivity index (χ2n) is 5.79. The molecule has 1 N–H and O–H groups in total. The van der Waals surface area contributed by atoms with Crippen molar-refractivity contribution in [3.8, 4) is 0 Å². The van der Waals surface area contributed by atoms with Gasteiger partial charge >= 0.3 is 12.1 Å². The molecule has 5 heteroatoms. The summed E-state index contributed by atoms with van der Waals surface area (Å²) in [6, 6.07) is 0. The van der Waals surface area contributed by atoms with Crippen LogP contribution in [0.5, 0.6) is 0 Å². The number of carboxylic acids is 1. The first-order chi connectivity index (χ1) is 8.91. The molecule has 0 unspecified atom stereocenters. The maximum absolute atomic E-state index is 11.8. The number of nitrogens with zero attached hydrogens (tertiary/aromatic N) is 1. The predicted molar refractivity (Wildman–Crippen MR) is 72.0 cm³/mol. The van der Waals surface area contributed by atoms with Crippen LogP contribution in [-0.4, -0.2) is 41.8 Å². The monoisotopic (exact) mass is 271 g/mol. The number of likely N-dealkylation sites (tertiary alicyclic amines) is 1. The van der Waals surface area contributed by atoms with E-state index in [1.54, 1.807) is 4.90 Å². The number of hydrogen-bond donors (Lipinski definition) is 1. The second kappa shape index (κ2) is 6.78. The van der Waals surface area contributed by atoms with Gasteiger partial charge in [0, 0.05) is 13.1 Å². The number of piperidine rings is 1. The van der Waals surface area contributed by atoms with Crippen LogP contribution in [0.2, 0.25) is 0 Å². The largest absolute Gasteiger partial charge is 0.481 e. The van der Waals surface area contributed by atoms with Crippen molar-refractivity contribution in [2.75, 3.05) is 19.7 Å². The highest BCUT2D eigenvalue weighted by molar-refractivity contribution is 5.75. The molecule has 1 heterocycles. The molecule has 0 aromatic carbocycles. The summed E-state index contributed by atoms with van der Waals surface area (Å²) in [5.74, 6) is -0.420.